The highest BCUT2D eigenvalue weighted by Crippen LogP contribution is 2.40. The van der Waals surface area contributed by atoms with Gasteiger partial charge < -0.3 is 9.47 Å². The predicted octanol–water partition coefficient (Wildman–Crippen LogP) is 6.85. The standard InChI is InChI=1S/C31H39NO4/c1-6-31(24-35-26(3)33,29-20-14-9-15-21-29)32(36-25(2)28-18-12-8-13-19-28)30(4,5)23-34-22-27-16-10-7-11-17-27/h7-21,25H,6,22-24H2,1-5H3. The van der Waals surface area contributed by atoms with Crippen molar-refractivity contribution in [1.82, 2.24) is 5.06 Å². The zero-order valence-corrected chi connectivity index (χ0v) is 22.1. The van der Waals surface area contributed by atoms with E-state index in [9.17, 15) is 4.79 Å². The molecule has 0 aliphatic carbocycles. The molecule has 0 N–H and O–H groups in total. The van der Waals surface area contributed by atoms with Crippen molar-refractivity contribution < 1.29 is 19.1 Å². The Morgan fingerprint density at radius 3 is 1.97 bits per heavy atom. The van der Waals surface area contributed by atoms with E-state index in [0.717, 1.165) is 16.7 Å². The molecule has 5 heteroatoms. The Morgan fingerprint density at radius 2 is 1.42 bits per heavy atom. The first-order valence-corrected chi connectivity index (χ1v) is 12.6. The van der Waals surface area contributed by atoms with Crippen molar-refractivity contribution in [3.63, 3.8) is 0 Å². The van der Waals surface area contributed by atoms with Crippen LogP contribution in [0.5, 0.6) is 0 Å². The molecule has 0 radical (unpaired) electrons. The van der Waals surface area contributed by atoms with Gasteiger partial charge in [-0.1, -0.05) is 97.9 Å². The first-order chi connectivity index (χ1) is 17.3. The minimum atomic E-state index is -0.727. The maximum absolute atomic E-state index is 12.0. The van der Waals surface area contributed by atoms with Crippen molar-refractivity contribution in [3.8, 4) is 0 Å². The third-order valence-electron chi connectivity index (χ3n) is 6.45. The normalized spacial score (nSPS) is 14.3. The summed E-state index contributed by atoms with van der Waals surface area (Å²) in [6.45, 7) is 10.9. The molecule has 0 spiro atoms. The fourth-order valence-corrected chi connectivity index (χ4v) is 4.50. The van der Waals surface area contributed by atoms with E-state index in [1.165, 1.54) is 6.92 Å². The van der Waals surface area contributed by atoms with Crippen LogP contribution >= 0.6 is 0 Å². The molecule has 0 amide bonds. The van der Waals surface area contributed by atoms with Gasteiger partial charge in [-0.15, -0.1) is 0 Å². The highest BCUT2D eigenvalue weighted by Gasteiger charge is 2.47. The van der Waals surface area contributed by atoms with Gasteiger partial charge in [0.15, 0.2) is 0 Å². The zero-order valence-electron chi connectivity index (χ0n) is 22.1. The molecule has 0 saturated heterocycles. The van der Waals surface area contributed by atoms with E-state index in [2.05, 4.69) is 57.2 Å². The Kier molecular flexibility index (Phi) is 9.82. The second kappa shape index (κ2) is 12.8. The summed E-state index contributed by atoms with van der Waals surface area (Å²) < 4.78 is 11.9. The van der Waals surface area contributed by atoms with Crippen molar-refractivity contribution in [2.45, 2.75) is 64.8 Å². The number of nitrogens with zero attached hydrogens (tertiary/aromatic N) is 1. The third kappa shape index (κ3) is 7.03. The summed E-state index contributed by atoms with van der Waals surface area (Å²) >= 11 is 0. The predicted molar refractivity (Wildman–Crippen MR) is 143 cm³/mol. The van der Waals surface area contributed by atoms with Gasteiger partial charge in [0.2, 0.25) is 0 Å². The van der Waals surface area contributed by atoms with Crippen LogP contribution in [0, 0.1) is 0 Å². The van der Waals surface area contributed by atoms with Crippen LogP contribution in [0.2, 0.25) is 0 Å². The number of carbonyl (C=O) groups excluding carboxylic acids is 1. The summed E-state index contributed by atoms with van der Waals surface area (Å²) in [5.74, 6) is -0.321. The summed E-state index contributed by atoms with van der Waals surface area (Å²) in [4.78, 5) is 18.8. The van der Waals surface area contributed by atoms with E-state index in [-0.39, 0.29) is 18.7 Å². The zero-order chi connectivity index (χ0) is 26.0. The lowest BCUT2D eigenvalue weighted by Gasteiger charge is -2.50. The van der Waals surface area contributed by atoms with Gasteiger partial charge in [-0.25, -0.2) is 0 Å². The average molecular weight is 490 g/mol. The van der Waals surface area contributed by atoms with Gasteiger partial charge in [0.1, 0.15) is 18.2 Å². The van der Waals surface area contributed by atoms with Gasteiger partial charge in [0.05, 0.1) is 18.8 Å². The lowest BCUT2D eigenvalue weighted by Crippen LogP contribution is -2.60. The Labute approximate surface area is 216 Å². The van der Waals surface area contributed by atoms with Crippen LogP contribution in [0.4, 0.5) is 0 Å². The molecule has 0 aliphatic rings. The summed E-state index contributed by atoms with van der Waals surface area (Å²) in [6, 6.07) is 30.4. The number of rotatable bonds is 13. The third-order valence-corrected chi connectivity index (χ3v) is 6.45. The molecule has 3 aromatic rings. The molecular weight excluding hydrogens is 450 g/mol. The second-order valence-electron chi connectivity index (χ2n) is 9.77. The topological polar surface area (TPSA) is 48.0 Å². The van der Waals surface area contributed by atoms with Crippen molar-refractivity contribution in [2.24, 2.45) is 0 Å². The van der Waals surface area contributed by atoms with Crippen molar-refractivity contribution in [1.29, 1.82) is 0 Å². The summed E-state index contributed by atoms with van der Waals surface area (Å²) in [7, 11) is 0. The van der Waals surface area contributed by atoms with Crippen molar-refractivity contribution >= 4 is 5.97 Å². The fourth-order valence-electron chi connectivity index (χ4n) is 4.50. The molecule has 2 atom stereocenters. The van der Waals surface area contributed by atoms with Gasteiger partial charge in [-0.05, 0) is 43.9 Å². The Morgan fingerprint density at radius 1 is 0.861 bits per heavy atom. The van der Waals surface area contributed by atoms with E-state index < -0.39 is 11.1 Å². The average Bonchev–Trinajstić information content (AvgIpc) is 2.90. The molecular formula is C31H39NO4. The minimum Gasteiger partial charge on any atom is -0.463 e. The molecule has 5 nitrogen and oxygen atoms in total. The number of hydroxylamine groups is 2. The SMILES string of the molecule is CCC(COC(C)=O)(c1ccccc1)N(OC(C)c1ccccc1)C(C)(C)COCc1ccccc1. The first-order valence-electron chi connectivity index (χ1n) is 12.6. The molecule has 3 rings (SSSR count). The number of carbonyl (C=O) groups is 1. The maximum atomic E-state index is 12.0. The summed E-state index contributed by atoms with van der Waals surface area (Å²) in [6.07, 6.45) is 0.431. The van der Waals surface area contributed by atoms with Crippen LogP contribution < -0.4 is 0 Å². The first kappa shape index (κ1) is 27.6. The van der Waals surface area contributed by atoms with Crippen molar-refractivity contribution in [2.75, 3.05) is 13.2 Å². The van der Waals surface area contributed by atoms with Gasteiger partial charge in [-0.3, -0.25) is 9.63 Å². The molecule has 0 saturated carbocycles. The quantitative estimate of drug-likeness (QED) is 0.194. The van der Waals surface area contributed by atoms with E-state index in [1.807, 2.05) is 66.6 Å². The highest BCUT2D eigenvalue weighted by atomic mass is 16.7. The number of hydrogen-bond donors (Lipinski definition) is 0. The number of esters is 1. The summed E-state index contributed by atoms with van der Waals surface area (Å²) in [5, 5.41) is 2.01. The van der Waals surface area contributed by atoms with Crippen LogP contribution in [0.25, 0.3) is 0 Å². The van der Waals surface area contributed by atoms with E-state index >= 15 is 0 Å². The largest absolute Gasteiger partial charge is 0.463 e. The van der Waals surface area contributed by atoms with Crippen LogP contribution in [-0.4, -0.2) is 29.8 Å². The van der Waals surface area contributed by atoms with Crippen LogP contribution in [-0.2, 0) is 31.3 Å². The molecule has 3 aromatic carbocycles. The molecule has 0 aliphatic heterocycles. The smallest absolute Gasteiger partial charge is 0.302 e. The van der Waals surface area contributed by atoms with E-state index in [4.69, 9.17) is 14.3 Å². The number of hydrogen-bond acceptors (Lipinski definition) is 5. The van der Waals surface area contributed by atoms with E-state index in [0.29, 0.717) is 19.6 Å². The lowest BCUT2D eigenvalue weighted by molar-refractivity contribution is -0.316. The molecule has 2 unspecified atom stereocenters. The highest BCUT2D eigenvalue weighted by molar-refractivity contribution is 5.66. The summed E-state index contributed by atoms with van der Waals surface area (Å²) in [5.41, 5.74) is 1.90. The molecule has 0 heterocycles. The van der Waals surface area contributed by atoms with Crippen LogP contribution in [0.1, 0.15) is 63.8 Å². The second-order valence-corrected chi connectivity index (χ2v) is 9.77. The van der Waals surface area contributed by atoms with E-state index in [1.54, 1.807) is 0 Å². The number of ether oxygens (including phenoxy) is 2. The Bertz CT molecular complexity index is 1060. The molecule has 192 valence electrons. The van der Waals surface area contributed by atoms with Crippen molar-refractivity contribution in [3.05, 3.63) is 108 Å². The Balaban J connectivity index is 1.99. The van der Waals surface area contributed by atoms with Gasteiger partial charge in [-0.2, -0.15) is 5.06 Å². The molecule has 36 heavy (non-hydrogen) atoms. The van der Waals surface area contributed by atoms with Crippen LogP contribution in [0.15, 0.2) is 91.0 Å². The molecule has 0 aromatic heterocycles. The molecule has 0 bridgehead atoms. The minimum absolute atomic E-state index is 0.159. The van der Waals surface area contributed by atoms with Gasteiger partial charge in [0, 0.05) is 6.92 Å². The molecule has 0 fully saturated rings. The van der Waals surface area contributed by atoms with Gasteiger partial charge >= 0.3 is 5.97 Å². The Hall–Kier alpha value is -2.99. The number of benzene rings is 3. The monoisotopic (exact) mass is 489 g/mol. The van der Waals surface area contributed by atoms with Gasteiger partial charge in [0.25, 0.3) is 0 Å². The maximum Gasteiger partial charge on any atom is 0.302 e. The lowest BCUT2D eigenvalue weighted by atomic mass is 9.84. The van der Waals surface area contributed by atoms with Crippen LogP contribution in [0.3, 0.4) is 0 Å². The fraction of sp³-hybridized carbons (Fsp3) is 0.387.